The third-order valence-electron chi connectivity index (χ3n) is 5.22. The first-order valence-electron chi connectivity index (χ1n) is 11.5. The molecule has 12 nitrogen and oxygen atoms in total. The Morgan fingerprint density at radius 2 is 1.66 bits per heavy atom. The standard InChI is InChI=1S/C22H39NO11S/c1-15(14-35-11-10-33-9-8-32-7-6-31-5-4-30-3)17(25)12-19-20(23-16(2)24)18(26)13-22(29,34-19)21(27)28/h15,18-20,26,29H,4-14H2,1-3H3,(H,23,24)(H,27,28). The van der Waals surface area contributed by atoms with Crippen molar-refractivity contribution in [3.63, 3.8) is 0 Å². The molecule has 204 valence electrons. The second-order valence-electron chi connectivity index (χ2n) is 8.22. The predicted octanol–water partition coefficient (Wildman–Crippen LogP) is -0.561. The topological polar surface area (TPSA) is 170 Å². The number of hydrogen-bond donors (Lipinski definition) is 4. The molecule has 0 aromatic heterocycles. The van der Waals surface area contributed by atoms with Crippen molar-refractivity contribution < 1.29 is 53.4 Å². The van der Waals surface area contributed by atoms with Gasteiger partial charge < -0.3 is 44.3 Å². The monoisotopic (exact) mass is 525 g/mol. The van der Waals surface area contributed by atoms with Gasteiger partial charge in [-0.1, -0.05) is 6.92 Å². The maximum atomic E-state index is 12.7. The Balaban J connectivity index is 2.30. The molecule has 1 fully saturated rings. The molecule has 1 saturated heterocycles. The zero-order chi connectivity index (χ0) is 26.3. The third kappa shape index (κ3) is 12.5. The van der Waals surface area contributed by atoms with E-state index in [2.05, 4.69) is 5.32 Å². The van der Waals surface area contributed by atoms with Crippen LogP contribution in [0, 0.1) is 5.92 Å². The van der Waals surface area contributed by atoms with Crippen LogP contribution in [0.2, 0.25) is 0 Å². The number of ether oxygens (including phenoxy) is 5. The maximum absolute atomic E-state index is 12.7. The predicted molar refractivity (Wildman–Crippen MR) is 126 cm³/mol. The highest BCUT2D eigenvalue weighted by Gasteiger charge is 2.51. The van der Waals surface area contributed by atoms with E-state index in [-0.39, 0.29) is 18.1 Å². The van der Waals surface area contributed by atoms with Gasteiger partial charge in [-0.3, -0.25) is 9.59 Å². The molecule has 35 heavy (non-hydrogen) atoms. The van der Waals surface area contributed by atoms with Crippen molar-refractivity contribution in [2.75, 3.05) is 64.9 Å². The first-order chi connectivity index (χ1) is 16.6. The molecule has 5 atom stereocenters. The van der Waals surface area contributed by atoms with Crippen LogP contribution in [-0.4, -0.2) is 122 Å². The van der Waals surface area contributed by atoms with Gasteiger partial charge in [0.2, 0.25) is 5.91 Å². The zero-order valence-corrected chi connectivity index (χ0v) is 21.4. The van der Waals surface area contributed by atoms with Crippen molar-refractivity contribution in [3.05, 3.63) is 0 Å². The highest BCUT2D eigenvalue weighted by Crippen LogP contribution is 2.30. The van der Waals surface area contributed by atoms with Gasteiger partial charge in [-0.2, -0.15) is 11.8 Å². The van der Waals surface area contributed by atoms with Crippen LogP contribution < -0.4 is 5.32 Å². The molecule has 1 aliphatic rings. The van der Waals surface area contributed by atoms with E-state index in [0.717, 1.165) is 0 Å². The number of rotatable bonds is 19. The lowest BCUT2D eigenvalue weighted by molar-refractivity contribution is -0.276. The van der Waals surface area contributed by atoms with Crippen LogP contribution in [0.25, 0.3) is 0 Å². The zero-order valence-electron chi connectivity index (χ0n) is 20.6. The number of carbonyl (C=O) groups excluding carboxylic acids is 2. The molecule has 0 aliphatic carbocycles. The number of carboxylic acid groups (broad SMARTS) is 1. The Morgan fingerprint density at radius 3 is 2.20 bits per heavy atom. The van der Waals surface area contributed by atoms with Crippen molar-refractivity contribution in [2.45, 2.75) is 50.7 Å². The molecule has 0 saturated carbocycles. The largest absolute Gasteiger partial charge is 0.477 e. The minimum absolute atomic E-state index is 0.235. The second kappa shape index (κ2) is 17.2. The summed E-state index contributed by atoms with van der Waals surface area (Å²) in [4.78, 5) is 35.6. The van der Waals surface area contributed by atoms with Gasteiger partial charge in [-0.25, -0.2) is 4.79 Å². The number of aliphatic hydroxyl groups is 2. The van der Waals surface area contributed by atoms with E-state index in [0.29, 0.717) is 57.8 Å². The van der Waals surface area contributed by atoms with Crippen molar-refractivity contribution in [1.29, 1.82) is 0 Å². The number of nitrogens with one attached hydrogen (secondary N) is 1. The van der Waals surface area contributed by atoms with Gasteiger partial charge in [-0.05, 0) is 0 Å². The molecule has 1 rings (SSSR count). The molecule has 0 bridgehead atoms. The molecule has 13 heteroatoms. The van der Waals surface area contributed by atoms with Crippen LogP contribution in [0.5, 0.6) is 0 Å². The fourth-order valence-electron chi connectivity index (χ4n) is 3.31. The summed E-state index contributed by atoms with van der Waals surface area (Å²) in [5.41, 5.74) is 0. The first-order valence-corrected chi connectivity index (χ1v) is 12.7. The normalized spacial score (nSPS) is 25.2. The van der Waals surface area contributed by atoms with Crippen molar-refractivity contribution in [1.82, 2.24) is 5.32 Å². The van der Waals surface area contributed by atoms with Crippen molar-refractivity contribution in [3.8, 4) is 0 Å². The summed E-state index contributed by atoms with van der Waals surface area (Å²) in [5, 5.41) is 32.2. The molecule has 4 N–H and O–H groups in total. The smallest absolute Gasteiger partial charge is 0.364 e. The van der Waals surface area contributed by atoms with Gasteiger partial charge in [0.1, 0.15) is 5.78 Å². The minimum atomic E-state index is -2.63. The maximum Gasteiger partial charge on any atom is 0.364 e. The summed E-state index contributed by atoms with van der Waals surface area (Å²) >= 11 is 1.53. The van der Waals surface area contributed by atoms with Gasteiger partial charge >= 0.3 is 5.97 Å². The van der Waals surface area contributed by atoms with Crippen LogP contribution in [0.4, 0.5) is 0 Å². The van der Waals surface area contributed by atoms with Gasteiger partial charge in [0.05, 0.1) is 64.5 Å². The van der Waals surface area contributed by atoms with Crippen molar-refractivity contribution in [2.24, 2.45) is 5.92 Å². The Bertz CT molecular complexity index is 653. The lowest BCUT2D eigenvalue weighted by Gasteiger charge is -2.42. The summed E-state index contributed by atoms with van der Waals surface area (Å²) in [5.74, 6) is -4.22. The fraction of sp³-hybridized carbons (Fsp3) is 0.864. The first kappa shape index (κ1) is 31.7. The average Bonchev–Trinajstić information content (AvgIpc) is 2.78. The lowest BCUT2D eigenvalue weighted by Crippen LogP contribution is -2.63. The van der Waals surface area contributed by atoms with Gasteiger partial charge in [0.15, 0.2) is 0 Å². The van der Waals surface area contributed by atoms with E-state index in [9.17, 15) is 29.7 Å². The second-order valence-corrected chi connectivity index (χ2v) is 9.37. The SMILES string of the molecule is COCCOCCOCCOCCSCC(C)C(=O)CC1OC(O)(C(=O)O)CC(O)C1NC(C)=O. The number of methoxy groups -OCH3 is 1. The van der Waals surface area contributed by atoms with Crippen LogP contribution in [-0.2, 0) is 38.1 Å². The quantitative estimate of drug-likeness (QED) is 0.159. The molecule has 0 spiro atoms. The number of carboxylic acids is 1. The van der Waals surface area contributed by atoms with Gasteiger partial charge in [-0.15, -0.1) is 0 Å². The minimum Gasteiger partial charge on any atom is -0.477 e. The molecule has 1 amide bonds. The van der Waals surface area contributed by atoms with Crippen LogP contribution in [0.3, 0.4) is 0 Å². The Kier molecular flexibility index (Phi) is 15.6. The summed E-state index contributed by atoms with van der Waals surface area (Å²) in [6.45, 7) is 6.42. The van der Waals surface area contributed by atoms with Crippen LogP contribution >= 0.6 is 11.8 Å². The molecular formula is C22H39NO11S. The number of aliphatic carboxylic acids is 1. The van der Waals surface area contributed by atoms with E-state index in [1.54, 1.807) is 14.0 Å². The lowest BCUT2D eigenvalue weighted by atomic mass is 9.89. The summed E-state index contributed by atoms with van der Waals surface area (Å²) < 4.78 is 26.3. The molecule has 5 unspecified atom stereocenters. The summed E-state index contributed by atoms with van der Waals surface area (Å²) in [6.07, 6.45) is -3.46. The third-order valence-corrected chi connectivity index (χ3v) is 6.41. The Labute approximate surface area is 210 Å². The van der Waals surface area contributed by atoms with E-state index in [1.165, 1.54) is 18.7 Å². The van der Waals surface area contributed by atoms with E-state index >= 15 is 0 Å². The van der Waals surface area contributed by atoms with Gasteiger partial charge in [0.25, 0.3) is 5.79 Å². The highest BCUT2D eigenvalue weighted by atomic mass is 32.2. The number of amides is 1. The molecule has 0 radical (unpaired) electrons. The van der Waals surface area contributed by atoms with E-state index < -0.39 is 42.3 Å². The molecule has 1 aliphatic heterocycles. The number of Topliss-reactive ketones (excluding diaryl/α,β-unsaturated/α-hetero) is 1. The molecule has 0 aromatic carbocycles. The molecule has 1 heterocycles. The van der Waals surface area contributed by atoms with E-state index in [1.807, 2.05) is 0 Å². The number of hydrogen-bond acceptors (Lipinski definition) is 11. The van der Waals surface area contributed by atoms with Gasteiger partial charge in [0, 0.05) is 44.3 Å². The Morgan fingerprint density at radius 1 is 1.09 bits per heavy atom. The van der Waals surface area contributed by atoms with Crippen molar-refractivity contribution >= 4 is 29.4 Å². The average molecular weight is 526 g/mol. The molecular weight excluding hydrogens is 486 g/mol. The number of aliphatic hydroxyl groups excluding tert-OH is 1. The number of thioether (sulfide) groups is 1. The summed E-state index contributed by atoms with van der Waals surface area (Å²) in [7, 11) is 1.61. The number of carbonyl (C=O) groups is 3. The summed E-state index contributed by atoms with van der Waals surface area (Å²) in [6, 6.07) is -1.01. The highest BCUT2D eigenvalue weighted by molar-refractivity contribution is 7.99. The van der Waals surface area contributed by atoms with Crippen LogP contribution in [0.1, 0.15) is 26.7 Å². The van der Waals surface area contributed by atoms with Crippen LogP contribution in [0.15, 0.2) is 0 Å². The fourth-order valence-corrected chi connectivity index (χ4v) is 4.26. The Hall–Kier alpha value is -1.32. The van der Waals surface area contributed by atoms with E-state index in [4.69, 9.17) is 23.7 Å². The number of ketones is 1. The molecule has 0 aromatic rings.